The third-order valence-electron chi connectivity index (χ3n) is 3.50. The van der Waals surface area contributed by atoms with E-state index in [2.05, 4.69) is 4.98 Å². The molecule has 1 aromatic heterocycles. The van der Waals surface area contributed by atoms with E-state index in [9.17, 15) is 9.18 Å². The van der Waals surface area contributed by atoms with Crippen molar-refractivity contribution in [2.45, 2.75) is 13.5 Å². The van der Waals surface area contributed by atoms with Crippen LogP contribution in [0.15, 0.2) is 53.3 Å². The van der Waals surface area contributed by atoms with Crippen LogP contribution in [0.1, 0.15) is 18.3 Å². The second-order valence-electron chi connectivity index (χ2n) is 4.92. The Morgan fingerprint density at radius 3 is 2.55 bits per heavy atom. The van der Waals surface area contributed by atoms with E-state index in [0.717, 1.165) is 5.56 Å². The first-order valence-electron chi connectivity index (χ1n) is 7.12. The molecule has 3 nitrogen and oxygen atoms in total. The molecule has 2 aromatic carbocycles. The van der Waals surface area contributed by atoms with E-state index in [1.54, 1.807) is 28.8 Å². The van der Waals surface area contributed by atoms with Crippen molar-refractivity contribution in [3.05, 3.63) is 76.1 Å². The van der Waals surface area contributed by atoms with Crippen LogP contribution in [0.5, 0.6) is 0 Å². The minimum atomic E-state index is -0.272. The molecule has 0 fully saturated rings. The van der Waals surface area contributed by atoms with Gasteiger partial charge in [0.1, 0.15) is 11.6 Å². The molecular weight excluding hydrogens is 279 g/mol. The molecule has 3 aromatic rings. The van der Waals surface area contributed by atoms with Gasteiger partial charge >= 0.3 is 0 Å². The second kappa shape index (κ2) is 5.93. The van der Waals surface area contributed by atoms with Gasteiger partial charge in [0.05, 0.1) is 10.9 Å². The van der Waals surface area contributed by atoms with Crippen LogP contribution >= 0.6 is 0 Å². The third-order valence-corrected chi connectivity index (χ3v) is 3.50. The van der Waals surface area contributed by atoms with Gasteiger partial charge < -0.3 is 0 Å². The summed E-state index contributed by atoms with van der Waals surface area (Å²) in [5.41, 5.74) is 1.48. The largest absolute Gasteiger partial charge is 0.293 e. The monoisotopic (exact) mass is 294 g/mol. The van der Waals surface area contributed by atoms with E-state index in [0.29, 0.717) is 23.3 Å². The van der Waals surface area contributed by atoms with Crippen molar-refractivity contribution in [2.75, 3.05) is 0 Å². The Kier molecular flexibility index (Phi) is 3.83. The van der Waals surface area contributed by atoms with Gasteiger partial charge in [0, 0.05) is 6.54 Å². The molecule has 0 aliphatic heterocycles. The fourth-order valence-electron chi connectivity index (χ4n) is 2.36. The van der Waals surface area contributed by atoms with Gasteiger partial charge in [-0.15, -0.1) is 0 Å². The first-order valence-corrected chi connectivity index (χ1v) is 7.12. The van der Waals surface area contributed by atoms with Gasteiger partial charge in [0.2, 0.25) is 0 Å². The topological polar surface area (TPSA) is 34.9 Å². The molecule has 0 N–H and O–H groups in total. The Morgan fingerprint density at radius 2 is 1.82 bits per heavy atom. The number of hydrogen-bond donors (Lipinski definition) is 0. The summed E-state index contributed by atoms with van der Waals surface area (Å²) >= 11 is 0. The summed E-state index contributed by atoms with van der Waals surface area (Å²) in [6.07, 6.45) is 3.60. The lowest BCUT2D eigenvalue weighted by atomic mass is 10.2. The zero-order valence-electron chi connectivity index (χ0n) is 12.2. The number of hydrogen-bond acceptors (Lipinski definition) is 2. The zero-order chi connectivity index (χ0) is 15.5. The predicted molar refractivity (Wildman–Crippen MR) is 87.0 cm³/mol. The Balaban J connectivity index is 2.09. The summed E-state index contributed by atoms with van der Waals surface area (Å²) in [5, 5.41) is 0.614. The second-order valence-corrected chi connectivity index (χ2v) is 4.92. The molecule has 0 bridgehead atoms. The highest BCUT2D eigenvalue weighted by atomic mass is 19.1. The fourth-order valence-corrected chi connectivity index (χ4v) is 2.36. The normalized spacial score (nSPS) is 11.4. The highest BCUT2D eigenvalue weighted by Crippen LogP contribution is 2.11. The molecule has 4 heteroatoms. The van der Waals surface area contributed by atoms with Crippen LogP contribution in [0.25, 0.3) is 23.1 Å². The van der Waals surface area contributed by atoms with Gasteiger partial charge in [-0.3, -0.25) is 9.36 Å². The number of halogens is 1. The van der Waals surface area contributed by atoms with Crippen LogP contribution in [0.2, 0.25) is 0 Å². The number of nitrogens with zero attached hydrogens (tertiary/aromatic N) is 2. The summed E-state index contributed by atoms with van der Waals surface area (Å²) in [6.45, 7) is 2.45. The van der Waals surface area contributed by atoms with Crippen molar-refractivity contribution in [3.8, 4) is 0 Å². The maximum Gasteiger partial charge on any atom is 0.261 e. The molecule has 0 aliphatic rings. The van der Waals surface area contributed by atoms with Crippen molar-refractivity contribution >= 4 is 23.1 Å². The predicted octanol–water partition coefficient (Wildman–Crippen LogP) is 3.73. The molecule has 0 amide bonds. The first-order chi connectivity index (χ1) is 10.7. The standard InChI is InChI=1S/C18H15FN2O/c1-2-21-17(12-9-13-7-10-14(19)11-8-13)20-16-6-4-3-5-15(16)18(21)22/h3-12H,2H2,1H3. The number of aromatic nitrogens is 2. The zero-order valence-corrected chi connectivity index (χ0v) is 12.2. The molecule has 0 unspecified atom stereocenters. The average Bonchev–Trinajstić information content (AvgIpc) is 2.54. The molecule has 3 rings (SSSR count). The van der Waals surface area contributed by atoms with E-state index in [1.165, 1.54) is 12.1 Å². The Morgan fingerprint density at radius 1 is 1.09 bits per heavy atom. The van der Waals surface area contributed by atoms with Crippen LogP contribution in [0.3, 0.4) is 0 Å². The van der Waals surface area contributed by atoms with Crippen LogP contribution in [-0.4, -0.2) is 9.55 Å². The van der Waals surface area contributed by atoms with E-state index in [4.69, 9.17) is 0 Å². The van der Waals surface area contributed by atoms with Crippen LogP contribution in [0, 0.1) is 5.82 Å². The van der Waals surface area contributed by atoms with Gasteiger partial charge in [0.15, 0.2) is 0 Å². The highest BCUT2D eigenvalue weighted by Gasteiger charge is 2.07. The molecule has 0 spiro atoms. The molecular formula is C18H15FN2O. The number of fused-ring (bicyclic) bond motifs is 1. The Labute approximate surface area is 127 Å². The lowest BCUT2D eigenvalue weighted by molar-refractivity contribution is 0.628. The number of benzene rings is 2. The number of rotatable bonds is 3. The van der Waals surface area contributed by atoms with Crippen LogP contribution in [-0.2, 0) is 6.54 Å². The molecule has 0 saturated heterocycles. The van der Waals surface area contributed by atoms with Crippen LogP contribution in [0.4, 0.5) is 4.39 Å². The Bertz CT molecular complexity index is 895. The minimum Gasteiger partial charge on any atom is -0.293 e. The van der Waals surface area contributed by atoms with Crippen LogP contribution < -0.4 is 5.56 Å². The quantitative estimate of drug-likeness (QED) is 0.738. The van der Waals surface area contributed by atoms with Crippen molar-refractivity contribution < 1.29 is 4.39 Å². The van der Waals surface area contributed by atoms with Crippen molar-refractivity contribution in [2.24, 2.45) is 0 Å². The molecule has 0 saturated carbocycles. The van der Waals surface area contributed by atoms with Crippen molar-refractivity contribution in [3.63, 3.8) is 0 Å². The molecule has 1 heterocycles. The van der Waals surface area contributed by atoms with E-state index in [-0.39, 0.29) is 11.4 Å². The molecule has 22 heavy (non-hydrogen) atoms. The van der Waals surface area contributed by atoms with Crippen molar-refractivity contribution in [1.82, 2.24) is 9.55 Å². The van der Waals surface area contributed by atoms with E-state index >= 15 is 0 Å². The SMILES string of the molecule is CCn1c(C=Cc2ccc(F)cc2)nc2ccccc2c1=O. The maximum absolute atomic E-state index is 12.9. The summed E-state index contributed by atoms with van der Waals surface area (Å²) in [4.78, 5) is 17.0. The van der Waals surface area contributed by atoms with E-state index < -0.39 is 0 Å². The van der Waals surface area contributed by atoms with Gasteiger partial charge in [0.25, 0.3) is 5.56 Å². The van der Waals surface area contributed by atoms with Crippen molar-refractivity contribution in [1.29, 1.82) is 0 Å². The fraction of sp³-hybridized carbons (Fsp3) is 0.111. The molecule has 0 atom stereocenters. The Hall–Kier alpha value is -2.75. The highest BCUT2D eigenvalue weighted by molar-refractivity contribution is 5.79. The maximum atomic E-state index is 12.9. The summed E-state index contributed by atoms with van der Waals surface area (Å²) < 4.78 is 14.5. The molecule has 110 valence electrons. The summed E-state index contributed by atoms with van der Waals surface area (Å²) in [6, 6.07) is 13.5. The van der Waals surface area contributed by atoms with Gasteiger partial charge in [-0.05, 0) is 42.8 Å². The number of para-hydroxylation sites is 1. The minimum absolute atomic E-state index is 0.0492. The average molecular weight is 294 g/mol. The third kappa shape index (κ3) is 2.68. The summed E-state index contributed by atoms with van der Waals surface area (Å²) in [5.74, 6) is 0.321. The van der Waals surface area contributed by atoms with Gasteiger partial charge in [-0.1, -0.05) is 30.3 Å². The summed E-state index contributed by atoms with van der Waals surface area (Å²) in [7, 11) is 0. The molecule has 0 radical (unpaired) electrons. The first kappa shape index (κ1) is 14.2. The lowest BCUT2D eigenvalue weighted by Gasteiger charge is -2.08. The smallest absolute Gasteiger partial charge is 0.261 e. The van der Waals surface area contributed by atoms with Gasteiger partial charge in [-0.25, -0.2) is 9.37 Å². The van der Waals surface area contributed by atoms with E-state index in [1.807, 2.05) is 31.2 Å². The molecule has 0 aliphatic carbocycles. The lowest BCUT2D eigenvalue weighted by Crippen LogP contribution is -2.22. The van der Waals surface area contributed by atoms with Gasteiger partial charge in [-0.2, -0.15) is 0 Å².